The summed E-state index contributed by atoms with van der Waals surface area (Å²) in [6.45, 7) is 0. The zero-order valence-corrected chi connectivity index (χ0v) is 68.5. The second-order valence-electron chi connectivity index (χ2n) is 32.1. The largest absolute Gasteiger partial charge is 0.456 e. The molecular weight excluding hydrogens is 1560 g/mol. The molecule has 0 amide bonds. The number of nitrogens with zero attached hydrogens (tertiary/aromatic N) is 10. The van der Waals surface area contributed by atoms with Crippen molar-refractivity contribution in [1.82, 2.24) is 48.2 Å². The van der Waals surface area contributed by atoms with Crippen molar-refractivity contribution in [3.8, 4) is 113 Å². The zero-order chi connectivity index (χ0) is 82.9. The van der Waals surface area contributed by atoms with E-state index in [2.05, 4.69) is 364 Å². The van der Waals surface area contributed by atoms with Crippen LogP contribution < -0.4 is 0 Å². The predicted octanol–water partition coefficient (Wildman–Crippen LogP) is 29.7. The van der Waals surface area contributed by atoms with E-state index in [-0.39, 0.29) is 0 Å². The van der Waals surface area contributed by atoms with Gasteiger partial charge in [-0.1, -0.05) is 267 Å². The Bertz CT molecular complexity index is 8250. The number of fused-ring (bicyclic) bond motifs is 18. The van der Waals surface area contributed by atoms with Crippen LogP contribution in [0.2, 0.25) is 0 Å². The standard InChI is InChI=1S/C57H35N5O.C57H35N5S/c2*1-3-15-36(16-4-1)39-31-40(57-59-55(37-17-5-2-6-18-37)58-56(60-57)38-27-30-54-48(34-38)46-22-10-14-26-53(46)63-54)33-42(32-39)62-51-25-13-9-21-45(51)47-35-41(28-29-52(47)62)61-49-23-11-7-19-43(49)44-20-8-12-24-50(44)61/h2*1-35H. The number of thiophene rings is 1. The van der Waals surface area contributed by atoms with Crippen LogP contribution >= 0.6 is 11.3 Å². The molecule has 0 fully saturated rings. The van der Waals surface area contributed by atoms with Crippen molar-refractivity contribution in [2.45, 2.75) is 0 Å². The molecule has 8 heterocycles. The molecule has 0 saturated carbocycles. The predicted molar refractivity (Wildman–Crippen MR) is 521 cm³/mol. The average Bonchev–Trinajstić information content (AvgIpc) is 1.57. The molecule has 18 aromatic carbocycles. The average molecular weight is 1630 g/mol. The van der Waals surface area contributed by atoms with E-state index in [0.29, 0.717) is 34.9 Å². The number of aromatic nitrogens is 10. The number of rotatable bonds is 12. The number of furan rings is 1. The van der Waals surface area contributed by atoms with Gasteiger partial charge in [-0.25, -0.2) is 29.9 Å². The van der Waals surface area contributed by atoms with Crippen LogP contribution in [0.25, 0.3) is 243 Å². The normalized spacial score (nSPS) is 11.8. The summed E-state index contributed by atoms with van der Waals surface area (Å²) >= 11 is 1.81. The Morgan fingerprint density at radius 2 is 0.452 bits per heavy atom. The van der Waals surface area contributed by atoms with Gasteiger partial charge in [0.05, 0.1) is 44.1 Å². The number of para-hydroxylation sites is 7. The molecule has 0 atom stereocenters. The minimum atomic E-state index is 0.587. The monoisotopic (exact) mass is 1630 g/mol. The van der Waals surface area contributed by atoms with E-state index in [1.165, 1.54) is 85.3 Å². The van der Waals surface area contributed by atoms with E-state index in [1.807, 2.05) is 90.2 Å². The maximum Gasteiger partial charge on any atom is 0.164 e. The lowest BCUT2D eigenvalue weighted by atomic mass is 10.0. The van der Waals surface area contributed by atoms with Crippen molar-refractivity contribution < 1.29 is 4.42 Å². The van der Waals surface area contributed by atoms with Crippen LogP contribution in [0.15, 0.2) is 429 Å². The Labute approximate surface area is 726 Å². The van der Waals surface area contributed by atoms with Gasteiger partial charge < -0.3 is 22.7 Å². The van der Waals surface area contributed by atoms with Crippen molar-refractivity contribution >= 4 is 141 Å². The van der Waals surface area contributed by atoms with Crippen molar-refractivity contribution in [1.29, 1.82) is 0 Å². The first-order valence-corrected chi connectivity index (χ1v) is 43.2. The summed E-state index contributed by atoms with van der Waals surface area (Å²) in [6.07, 6.45) is 0. The molecule has 0 aliphatic heterocycles. The first kappa shape index (κ1) is 72.1. The molecule has 0 aliphatic rings. The maximum atomic E-state index is 6.20. The molecule has 0 aliphatic carbocycles. The third-order valence-electron chi connectivity index (χ3n) is 24.7. The molecule has 0 unspecified atom stereocenters. The first-order valence-electron chi connectivity index (χ1n) is 42.4. The van der Waals surface area contributed by atoms with E-state index in [4.69, 9.17) is 34.3 Å². The van der Waals surface area contributed by atoms with E-state index < -0.39 is 0 Å². The summed E-state index contributed by atoms with van der Waals surface area (Å²) in [4.78, 5) is 31.3. The highest BCUT2D eigenvalue weighted by Crippen LogP contribution is 2.45. The van der Waals surface area contributed by atoms with Gasteiger partial charge in [-0.3, -0.25) is 0 Å². The molecule has 588 valence electrons. The molecule has 126 heavy (non-hydrogen) atoms. The van der Waals surface area contributed by atoms with Gasteiger partial charge in [0.25, 0.3) is 0 Å². The second-order valence-corrected chi connectivity index (χ2v) is 33.2. The Kier molecular flexibility index (Phi) is 16.9. The van der Waals surface area contributed by atoms with E-state index in [9.17, 15) is 0 Å². The third kappa shape index (κ3) is 12.2. The highest BCUT2D eigenvalue weighted by atomic mass is 32.1. The Hall–Kier alpha value is -16.8. The third-order valence-corrected chi connectivity index (χ3v) is 25.8. The van der Waals surface area contributed by atoms with Gasteiger partial charge in [0, 0.05) is 130 Å². The first-order chi connectivity index (χ1) is 62.4. The van der Waals surface area contributed by atoms with Gasteiger partial charge in [0.15, 0.2) is 34.9 Å². The molecule has 0 N–H and O–H groups in total. The Balaban J connectivity index is 0.000000137. The van der Waals surface area contributed by atoms with E-state index in [1.54, 1.807) is 0 Å². The summed E-state index contributed by atoms with van der Waals surface area (Å²) in [5, 5.41) is 14.2. The highest BCUT2D eigenvalue weighted by Gasteiger charge is 2.25. The van der Waals surface area contributed by atoms with Crippen LogP contribution in [0, 0.1) is 0 Å². The summed E-state index contributed by atoms with van der Waals surface area (Å²) in [7, 11) is 0. The minimum absolute atomic E-state index is 0.587. The smallest absolute Gasteiger partial charge is 0.164 e. The lowest BCUT2D eigenvalue weighted by molar-refractivity contribution is 0.669. The van der Waals surface area contributed by atoms with Crippen LogP contribution in [0.4, 0.5) is 0 Å². The molecule has 0 radical (unpaired) electrons. The van der Waals surface area contributed by atoms with Gasteiger partial charge in [-0.05, 0) is 180 Å². The van der Waals surface area contributed by atoms with Gasteiger partial charge in [0.1, 0.15) is 11.2 Å². The number of benzene rings is 18. The molecule has 11 nitrogen and oxygen atoms in total. The molecule has 8 aromatic heterocycles. The molecule has 12 heteroatoms. The molecule has 0 saturated heterocycles. The van der Waals surface area contributed by atoms with Crippen LogP contribution in [0.3, 0.4) is 0 Å². The summed E-state index contributed by atoms with van der Waals surface area (Å²) < 4.78 is 18.3. The molecule has 0 spiro atoms. The van der Waals surface area contributed by atoms with E-state index in [0.717, 1.165) is 122 Å². The van der Waals surface area contributed by atoms with Crippen LogP contribution in [0.5, 0.6) is 0 Å². The summed E-state index contributed by atoms with van der Waals surface area (Å²) in [6, 6.07) is 150. The van der Waals surface area contributed by atoms with Gasteiger partial charge in [-0.15, -0.1) is 11.3 Å². The Morgan fingerprint density at radius 1 is 0.159 bits per heavy atom. The van der Waals surface area contributed by atoms with Crippen LogP contribution in [0.1, 0.15) is 0 Å². The van der Waals surface area contributed by atoms with Crippen molar-refractivity contribution in [3.05, 3.63) is 425 Å². The van der Waals surface area contributed by atoms with Crippen molar-refractivity contribution in [2.75, 3.05) is 0 Å². The maximum absolute atomic E-state index is 6.20. The number of hydrogen-bond acceptors (Lipinski definition) is 8. The van der Waals surface area contributed by atoms with E-state index >= 15 is 0 Å². The molecule has 0 bridgehead atoms. The molecular formula is C114H70N10OS. The molecule has 26 aromatic rings. The lowest BCUT2D eigenvalue weighted by Gasteiger charge is -2.15. The second kappa shape index (κ2) is 29.5. The van der Waals surface area contributed by atoms with Gasteiger partial charge in [0.2, 0.25) is 0 Å². The van der Waals surface area contributed by atoms with Gasteiger partial charge in [-0.2, -0.15) is 0 Å². The minimum Gasteiger partial charge on any atom is -0.456 e. The highest BCUT2D eigenvalue weighted by molar-refractivity contribution is 7.25. The van der Waals surface area contributed by atoms with Gasteiger partial charge >= 0.3 is 0 Å². The number of hydrogen-bond donors (Lipinski definition) is 0. The zero-order valence-electron chi connectivity index (χ0n) is 67.7. The lowest BCUT2D eigenvalue weighted by Crippen LogP contribution is -2.02. The van der Waals surface area contributed by atoms with Crippen LogP contribution in [-0.4, -0.2) is 48.2 Å². The molecule has 26 rings (SSSR count). The summed E-state index contributed by atoms with van der Waals surface area (Å²) in [5.74, 6) is 3.66. The fourth-order valence-corrected chi connectivity index (χ4v) is 20.0. The van der Waals surface area contributed by atoms with Crippen molar-refractivity contribution in [3.63, 3.8) is 0 Å². The topological polar surface area (TPSA) is 110 Å². The quantitative estimate of drug-likeness (QED) is 0.120. The van der Waals surface area contributed by atoms with Crippen LogP contribution in [-0.2, 0) is 0 Å². The fraction of sp³-hybridized carbons (Fsp3) is 0. The summed E-state index contributed by atoms with van der Waals surface area (Å²) in [5.41, 5.74) is 25.0. The Morgan fingerprint density at radius 3 is 0.881 bits per heavy atom. The fourth-order valence-electron chi connectivity index (χ4n) is 18.9. The van der Waals surface area contributed by atoms with Crippen molar-refractivity contribution in [2.24, 2.45) is 0 Å². The SMILES string of the molecule is c1ccc(-c2cc(-c3nc(-c4ccccc4)nc(-c4ccc5oc6ccccc6c5c4)n3)cc(-n3c4ccccc4c4cc(-n5c6ccccc6c6ccccc65)ccc43)c2)cc1.c1ccc(-c2cc(-c3nc(-c4ccccc4)nc(-c4ccc5sc6ccccc6c5c4)n3)cc(-n3c4ccccc4c4cc(-n5c6ccccc6c6ccccc65)ccc43)c2)cc1.